The number of benzene rings is 2. The first-order valence-corrected chi connectivity index (χ1v) is 8.71. The van der Waals surface area contributed by atoms with Crippen LogP contribution in [0.15, 0.2) is 48.5 Å². The second-order valence-corrected chi connectivity index (χ2v) is 6.85. The van der Waals surface area contributed by atoms with Gasteiger partial charge in [0.05, 0.1) is 0 Å². The molecule has 4 nitrogen and oxygen atoms in total. The molecule has 1 unspecified atom stereocenters. The van der Waals surface area contributed by atoms with Crippen molar-refractivity contribution in [1.29, 1.82) is 0 Å². The Bertz CT molecular complexity index is 792. The van der Waals surface area contributed by atoms with Gasteiger partial charge in [-0.3, -0.25) is 9.59 Å². The van der Waals surface area contributed by atoms with Crippen LogP contribution in [-0.4, -0.2) is 30.3 Å². The lowest BCUT2D eigenvalue weighted by molar-refractivity contribution is -0.139. The molecule has 1 atom stereocenters. The lowest BCUT2D eigenvalue weighted by Crippen LogP contribution is -2.37. The Morgan fingerprint density at radius 2 is 1.96 bits per heavy atom. The summed E-state index contributed by atoms with van der Waals surface area (Å²) in [5, 5.41) is 0.672. The molecular weight excluding hydrogens is 336 g/mol. The molecule has 0 radical (unpaired) electrons. The Kier molecular flexibility index (Phi) is 5.09. The third-order valence-electron chi connectivity index (χ3n) is 4.60. The van der Waals surface area contributed by atoms with Crippen molar-refractivity contribution < 1.29 is 9.59 Å². The molecule has 3 rings (SSSR count). The fourth-order valence-electron chi connectivity index (χ4n) is 3.16. The number of amides is 2. The minimum absolute atomic E-state index is 0.123. The van der Waals surface area contributed by atoms with Crippen LogP contribution in [0.2, 0.25) is 5.02 Å². The van der Waals surface area contributed by atoms with Crippen LogP contribution in [0.3, 0.4) is 0 Å². The molecule has 2 amide bonds. The highest BCUT2D eigenvalue weighted by atomic mass is 35.5. The maximum absolute atomic E-state index is 12.7. The van der Waals surface area contributed by atoms with E-state index in [-0.39, 0.29) is 11.8 Å². The van der Waals surface area contributed by atoms with Gasteiger partial charge >= 0.3 is 0 Å². The van der Waals surface area contributed by atoms with Crippen LogP contribution in [0.5, 0.6) is 0 Å². The number of anilines is 1. The SMILES string of the molecule is Cc1cc(N2CCC(C(=O)N(C)Cc3ccccc3)C2=O)ccc1Cl. The summed E-state index contributed by atoms with van der Waals surface area (Å²) in [6, 6.07) is 15.3. The molecule has 0 saturated carbocycles. The maximum Gasteiger partial charge on any atom is 0.239 e. The highest BCUT2D eigenvalue weighted by molar-refractivity contribution is 6.31. The van der Waals surface area contributed by atoms with Crippen molar-refractivity contribution in [3.8, 4) is 0 Å². The zero-order valence-electron chi connectivity index (χ0n) is 14.4. The van der Waals surface area contributed by atoms with E-state index in [0.29, 0.717) is 24.5 Å². The summed E-state index contributed by atoms with van der Waals surface area (Å²) in [6.07, 6.45) is 0.540. The van der Waals surface area contributed by atoms with E-state index in [1.807, 2.05) is 49.4 Å². The molecule has 1 heterocycles. The second kappa shape index (κ2) is 7.28. The molecule has 130 valence electrons. The Morgan fingerprint density at radius 3 is 2.64 bits per heavy atom. The van der Waals surface area contributed by atoms with Crippen LogP contribution < -0.4 is 4.90 Å². The van der Waals surface area contributed by atoms with Gasteiger partial charge in [-0.1, -0.05) is 41.9 Å². The third kappa shape index (κ3) is 3.69. The summed E-state index contributed by atoms with van der Waals surface area (Å²) >= 11 is 6.06. The van der Waals surface area contributed by atoms with Crippen molar-refractivity contribution >= 4 is 29.1 Å². The first-order chi connectivity index (χ1) is 12.0. The molecule has 25 heavy (non-hydrogen) atoms. The highest BCUT2D eigenvalue weighted by Gasteiger charge is 2.39. The van der Waals surface area contributed by atoms with Crippen molar-refractivity contribution in [1.82, 2.24) is 4.90 Å². The van der Waals surface area contributed by atoms with Crippen LogP contribution in [0, 0.1) is 12.8 Å². The predicted molar refractivity (Wildman–Crippen MR) is 99.6 cm³/mol. The van der Waals surface area contributed by atoms with E-state index in [9.17, 15) is 9.59 Å². The average molecular weight is 357 g/mol. The van der Waals surface area contributed by atoms with E-state index in [1.54, 1.807) is 22.9 Å². The van der Waals surface area contributed by atoms with E-state index in [1.165, 1.54) is 0 Å². The fourth-order valence-corrected chi connectivity index (χ4v) is 3.28. The summed E-state index contributed by atoms with van der Waals surface area (Å²) in [5.41, 5.74) is 2.77. The first-order valence-electron chi connectivity index (χ1n) is 8.34. The van der Waals surface area contributed by atoms with Gasteiger partial charge < -0.3 is 9.80 Å². The number of aryl methyl sites for hydroxylation is 1. The van der Waals surface area contributed by atoms with Crippen molar-refractivity contribution in [2.45, 2.75) is 19.9 Å². The standard InChI is InChI=1S/C20H21ClN2O2/c1-14-12-16(8-9-18(14)21)23-11-10-17(20(23)25)19(24)22(2)13-15-6-4-3-5-7-15/h3-9,12,17H,10-11,13H2,1-2H3. The van der Waals surface area contributed by atoms with E-state index in [4.69, 9.17) is 11.6 Å². The van der Waals surface area contributed by atoms with Crippen LogP contribution in [0.4, 0.5) is 5.69 Å². The van der Waals surface area contributed by atoms with Gasteiger partial charge in [-0.2, -0.15) is 0 Å². The molecule has 2 aromatic carbocycles. The molecule has 1 saturated heterocycles. The summed E-state index contributed by atoms with van der Waals surface area (Å²) < 4.78 is 0. The molecule has 0 N–H and O–H groups in total. The number of rotatable bonds is 4. The van der Waals surface area contributed by atoms with Crippen molar-refractivity contribution in [3.63, 3.8) is 0 Å². The number of halogens is 1. The van der Waals surface area contributed by atoms with Crippen LogP contribution in [0.1, 0.15) is 17.5 Å². The Balaban J connectivity index is 1.70. The Morgan fingerprint density at radius 1 is 1.24 bits per heavy atom. The van der Waals surface area contributed by atoms with Crippen molar-refractivity contribution in [2.75, 3.05) is 18.5 Å². The minimum Gasteiger partial charge on any atom is -0.341 e. The molecular formula is C20H21ClN2O2. The Labute approximate surface area is 153 Å². The van der Waals surface area contributed by atoms with Crippen LogP contribution in [-0.2, 0) is 16.1 Å². The smallest absolute Gasteiger partial charge is 0.239 e. The number of hydrogen-bond acceptors (Lipinski definition) is 2. The minimum atomic E-state index is -0.607. The normalized spacial score (nSPS) is 17.0. The third-order valence-corrected chi connectivity index (χ3v) is 5.02. The zero-order valence-corrected chi connectivity index (χ0v) is 15.2. The number of nitrogens with zero attached hydrogens (tertiary/aromatic N) is 2. The summed E-state index contributed by atoms with van der Waals surface area (Å²) in [6.45, 7) is 2.96. The molecule has 1 aliphatic rings. The van der Waals surface area contributed by atoms with Gasteiger partial charge in [0.25, 0.3) is 0 Å². The van der Waals surface area contributed by atoms with Gasteiger partial charge in [0, 0.05) is 30.8 Å². The van der Waals surface area contributed by atoms with Gasteiger partial charge in [-0.05, 0) is 42.7 Å². The van der Waals surface area contributed by atoms with Gasteiger partial charge in [0.1, 0.15) is 5.92 Å². The summed E-state index contributed by atoms with van der Waals surface area (Å²) in [5.74, 6) is -0.863. The topological polar surface area (TPSA) is 40.6 Å². The average Bonchev–Trinajstić information content (AvgIpc) is 2.99. The molecule has 2 aromatic rings. The lowest BCUT2D eigenvalue weighted by atomic mass is 10.1. The lowest BCUT2D eigenvalue weighted by Gasteiger charge is -2.21. The highest BCUT2D eigenvalue weighted by Crippen LogP contribution is 2.29. The van der Waals surface area contributed by atoms with Gasteiger partial charge in [-0.25, -0.2) is 0 Å². The van der Waals surface area contributed by atoms with E-state index in [2.05, 4.69) is 0 Å². The maximum atomic E-state index is 12.7. The largest absolute Gasteiger partial charge is 0.341 e. The van der Waals surface area contributed by atoms with Crippen LogP contribution >= 0.6 is 11.6 Å². The van der Waals surface area contributed by atoms with E-state index in [0.717, 1.165) is 16.8 Å². The number of hydrogen-bond donors (Lipinski definition) is 0. The molecule has 0 bridgehead atoms. The summed E-state index contributed by atoms with van der Waals surface area (Å²) in [7, 11) is 1.75. The fraction of sp³-hybridized carbons (Fsp3) is 0.300. The van der Waals surface area contributed by atoms with Gasteiger partial charge in [0.15, 0.2) is 0 Å². The Hall–Kier alpha value is -2.33. The van der Waals surface area contributed by atoms with Crippen molar-refractivity contribution in [3.05, 3.63) is 64.7 Å². The quantitative estimate of drug-likeness (QED) is 0.784. The second-order valence-electron chi connectivity index (χ2n) is 6.44. The number of carbonyl (C=O) groups is 2. The summed E-state index contributed by atoms with van der Waals surface area (Å²) in [4.78, 5) is 28.8. The number of carbonyl (C=O) groups excluding carboxylic acids is 2. The van der Waals surface area contributed by atoms with Crippen LogP contribution in [0.25, 0.3) is 0 Å². The molecule has 1 aliphatic heterocycles. The molecule has 5 heteroatoms. The zero-order chi connectivity index (χ0) is 18.0. The predicted octanol–water partition coefficient (Wildman–Crippen LogP) is 3.66. The van der Waals surface area contributed by atoms with Gasteiger partial charge in [-0.15, -0.1) is 0 Å². The van der Waals surface area contributed by atoms with E-state index >= 15 is 0 Å². The first kappa shape index (κ1) is 17.5. The molecule has 0 spiro atoms. The molecule has 0 aromatic heterocycles. The molecule has 1 fully saturated rings. The monoisotopic (exact) mass is 356 g/mol. The molecule has 0 aliphatic carbocycles. The van der Waals surface area contributed by atoms with E-state index < -0.39 is 5.92 Å². The van der Waals surface area contributed by atoms with Gasteiger partial charge in [0.2, 0.25) is 11.8 Å². The van der Waals surface area contributed by atoms with Crippen molar-refractivity contribution in [2.24, 2.45) is 5.92 Å².